The molecular formula is C22H24FN3O3S3. The summed E-state index contributed by atoms with van der Waals surface area (Å²) in [5.41, 5.74) is 1.77. The van der Waals surface area contributed by atoms with Gasteiger partial charge in [-0.15, -0.1) is 11.3 Å². The maximum atomic E-state index is 13.4. The van der Waals surface area contributed by atoms with E-state index in [9.17, 15) is 17.6 Å². The van der Waals surface area contributed by atoms with Gasteiger partial charge in [0.25, 0.3) is 0 Å². The number of carbonyl (C=O) groups is 1. The average molecular weight is 494 g/mol. The third-order valence-electron chi connectivity index (χ3n) is 5.55. The largest absolute Gasteiger partial charge is 0.338 e. The zero-order chi connectivity index (χ0) is 22.7. The van der Waals surface area contributed by atoms with Gasteiger partial charge in [-0.25, -0.2) is 22.8 Å². The van der Waals surface area contributed by atoms with Crippen molar-refractivity contribution in [3.63, 3.8) is 0 Å². The summed E-state index contributed by atoms with van der Waals surface area (Å²) in [5.74, 6) is -0.0139. The number of aromatic nitrogens is 2. The van der Waals surface area contributed by atoms with Crippen LogP contribution in [-0.4, -0.2) is 59.0 Å². The lowest BCUT2D eigenvalue weighted by molar-refractivity contribution is -0.130. The van der Waals surface area contributed by atoms with E-state index in [1.165, 1.54) is 41.6 Å². The van der Waals surface area contributed by atoms with E-state index in [1.54, 1.807) is 17.0 Å². The lowest BCUT2D eigenvalue weighted by Crippen LogP contribution is -2.42. The summed E-state index contributed by atoms with van der Waals surface area (Å²) in [6.07, 6.45) is 3.75. The number of halogens is 1. The molecule has 1 atom stereocenters. The van der Waals surface area contributed by atoms with Crippen molar-refractivity contribution in [2.75, 3.05) is 23.8 Å². The van der Waals surface area contributed by atoms with Crippen LogP contribution in [0.2, 0.25) is 0 Å². The summed E-state index contributed by atoms with van der Waals surface area (Å²) >= 11 is 2.81. The zero-order valence-corrected chi connectivity index (χ0v) is 20.1. The number of nitrogens with zero attached hydrogens (tertiary/aromatic N) is 3. The van der Waals surface area contributed by atoms with Gasteiger partial charge in [-0.2, -0.15) is 0 Å². The molecule has 0 spiro atoms. The summed E-state index contributed by atoms with van der Waals surface area (Å²) < 4.78 is 37.3. The predicted molar refractivity (Wildman–Crippen MR) is 127 cm³/mol. The third-order valence-corrected chi connectivity index (χ3v) is 9.16. The maximum Gasteiger partial charge on any atom is 0.233 e. The van der Waals surface area contributed by atoms with Crippen molar-refractivity contribution in [3.8, 4) is 11.1 Å². The second kappa shape index (κ2) is 9.84. The molecule has 3 heterocycles. The highest BCUT2D eigenvalue weighted by molar-refractivity contribution is 8.00. The van der Waals surface area contributed by atoms with Crippen LogP contribution in [0.4, 0.5) is 4.39 Å². The molecular weight excluding hydrogens is 469 g/mol. The van der Waals surface area contributed by atoms with Crippen molar-refractivity contribution in [2.45, 2.75) is 37.3 Å². The van der Waals surface area contributed by atoms with Crippen LogP contribution in [0.25, 0.3) is 21.3 Å². The highest BCUT2D eigenvalue weighted by atomic mass is 32.2. The first-order valence-electron chi connectivity index (χ1n) is 10.5. The van der Waals surface area contributed by atoms with E-state index in [0.29, 0.717) is 18.0 Å². The second-order valence-electron chi connectivity index (χ2n) is 7.80. The number of unbranched alkanes of at least 4 members (excludes halogenated alkanes) is 1. The first-order chi connectivity index (χ1) is 15.4. The Balaban J connectivity index is 1.55. The van der Waals surface area contributed by atoms with Crippen LogP contribution in [0.1, 0.15) is 26.2 Å². The fourth-order valence-corrected chi connectivity index (χ4v) is 7.48. The number of thiophene rings is 1. The van der Waals surface area contributed by atoms with E-state index >= 15 is 0 Å². The quantitative estimate of drug-likeness (QED) is 0.342. The minimum absolute atomic E-state index is 0.0458. The van der Waals surface area contributed by atoms with Crippen molar-refractivity contribution < 1.29 is 17.6 Å². The molecule has 1 amide bonds. The van der Waals surface area contributed by atoms with Gasteiger partial charge < -0.3 is 4.90 Å². The summed E-state index contributed by atoms with van der Waals surface area (Å²) in [6, 6.07) is 6.02. The van der Waals surface area contributed by atoms with Crippen LogP contribution < -0.4 is 0 Å². The molecule has 1 aliphatic rings. The van der Waals surface area contributed by atoms with Gasteiger partial charge in [-0.3, -0.25) is 4.79 Å². The molecule has 0 bridgehead atoms. The smallest absolute Gasteiger partial charge is 0.233 e. The van der Waals surface area contributed by atoms with Crippen molar-refractivity contribution in [1.29, 1.82) is 0 Å². The molecule has 1 aliphatic heterocycles. The maximum absolute atomic E-state index is 13.4. The Hall–Kier alpha value is -2.04. The van der Waals surface area contributed by atoms with E-state index in [2.05, 4.69) is 9.97 Å². The van der Waals surface area contributed by atoms with Gasteiger partial charge in [0, 0.05) is 23.5 Å². The van der Waals surface area contributed by atoms with Crippen LogP contribution in [0.5, 0.6) is 0 Å². The predicted octanol–water partition coefficient (Wildman–Crippen LogP) is 4.41. The lowest BCUT2D eigenvalue weighted by atomic mass is 10.1. The van der Waals surface area contributed by atoms with Crippen molar-refractivity contribution in [3.05, 3.63) is 41.8 Å². The molecule has 0 N–H and O–H groups in total. The Morgan fingerprint density at radius 3 is 2.75 bits per heavy atom. The molecule has 1 aromatic carbocycles. The molecule has 170 valence electrons. The molecule has 0 aliphatic carbocycles. The van der Waals surface area contributed by atoms with Crippen LogP contribution in [0.15, 0.2) is 41.0 Å². The molecule has 32 heavy (non-hydrogen) atoms. The van der Waals surface area contributed by atoms with Gasteiger partial charge in [0.15, 0.2) is 9.84 Å². The number of thioether (sulfide) groups is 1. The van der Waals surface area contributed by atoms with E-state index in [1.807, 2.05) is 12.3 Å². The molecule has 6 nitrogen and oxygen atoms in total. The minimum Gasteiger partial charge on any atom is -0.338 e. The normalized spacial score (nSPS) is 17.6. The average Bonchev–Trinajstić information content (AvgIpc) is 3.36. The first kappa shape index (κ1) is 23.1. The van der Waals surface area contributed by atoms with Crippen molar-refractivity contribution in [2.24, 2.45) is 0 Å². The van der Waals surface area contributed by atoms with E-state index in [4.69, 9.17) is 0 Å². The first-order valence-corrected chi connectivity index (χ1v) is 14.2. The zero-order valence-electron chi connectivity index (χ0n) is 17.7. The van der Waals surface area contributed by atoms with E-state index in [0.717, 1.165) is 34.2 Å². The van der Waals surface area contributed by atoms with Crippen LogP contribution in [0, 0.1) is 5.82 Å². The Morgan fingerprint density at radius 1 is 1.28 bits per heavy atom. The molecule has 10 heteroatoms. The number of fused-ring (bicyclic) bond motifs is 1. The minimum atomic E-state index is -3.07. The molecule has 0 saturated carbocycles. The number of hydrogen-bond acceptors (Lipinski definition) is 7. The van der Waals surface area contributed by atoms with Crippen LogP contribution in [0.3, 0.4) is 0 Å². The third kappa shape index (κ3) is 5.13. The van der Waals surface area contributed by atoms with Gasteiger partial charge in [-0.05, 0) is 30.5 Å². The van der Waals surface area contributed by atoms with Gasteiger partial charge >= 0.3 is 0 Å². The molecule has 0 radical (unpaired) electrons. The summed E-state index contributed by atoms with van der Waals surface area (Å²) in [5, 5.41) is 3.51. The van der Waals surface area contributed by atoms with Crippen LogP contribution in [-0.2, 0) is 14.6 Å². The summed E-state index contributed by atoms with van der Waals surface area (Å²) in [7, 11) is -3.07. The van der Waals surface area contributed by atoms with E-state index < -0.39 is 9.84 Å². The number of rotatable bonds is 8. The molecule has 1 saturated heterocycles. The second-order valence-corrected chi connectivity index (χ2v) is 11.9. The van der Waals surface area contributed by atoms with Gasteiger partial charge in [0.1, 0.15) is 22.0 Å². The summed E-state index contributed by atoms with van der Waals surface area (Å²) in [6.45, 7) is 2.61. The van der Waals surface area contributed by atoms with Gasteiger partial charge in [0.2, 0.25) is 5.91 Å². The Kier molecular flexibility index (Phi) is 7.11. The highest BCUT2D eigenvalue weighted by Crippen LogP contribution is 2.38. The van der Waals surface area contributed by atoms with Crippen molar-refractivity contribution >= 4 is 49.1 Å². The molecule has 4 rings (SSSR count). The standard InChI is InChI=1S/C22H24FN3O3S3/c1-2-3-9-26(17-8-10-32(28,29)13-17)19(27)12-31-22-20-18(11-30-21(20)24-14-25-22)15-4-6-16(23)7-5-15/h4-7,11,14,17H,2-3,8-10,12-13H2,1H3. The Labute approximate surface area is 195 Å². The van der Waals surface area contributed by atoms with Gasteiger partial charge in [0.05, 0.1) is 22.6 Å². The van der Waals surface area contributed by atoms with Crippen molar-refractivity contribution in [1.82, 2.24) is 14.9 Å². The number of benzene rings is 1. The molecule has 2 aromatic heterocycles. The fourth-order valence-electron chi connectivity index (χ4n) is 3.87. The Bertz CT molecular complexity index is 1210. The number of amides is 1. The molecule has 1 unspecified atom stereocenters. The topological polar surface area (TPSA) is 80.2 Å². The molecule has 3 aromatic rings. The highest BCUT2D eigenvalue weighted by Gasteiger charge is 2.34. The van der Waals surface area contributed by atoms with E-state index in [-0.39, 0.29) is 35.0 Å². The number of sulfone groups is 1. The van der Waals surface area contributed by atoms with Crippen LogP contribution >= 0.6 is 23.1 Å². The number of hydrogen-bond donors (Lipinski definition) is 0. The van der Waals surface area contributed by atoms with Gasteiger partial charge in [-0.1, -0.05) is 37.2 Å². The summed E-state index contributed by atoms with van der Waals surface area (Å²) in [4.78, 5) is 24.4. The lowest BCUT2D eigenvalue weighted by Gasteiger charge is -2.28. The number of carbonyl (C=O) groups excluding carboxylic acids is 1. The Morgan fingerprint density at radius 2 is 2.06 bits per heavy atom. The monoisotopic (exact) mass is 493 g/mol. The molecule has 1 fully saturated rings. The SMILES string of the molecule is CCCCN(C(=O)CSc1ncnc2scc(-c3ccc(F)cc3)c12)C1CCS(=O)(=O)C1. The fraction of sp³-hybridized carbons (Fsp3) is 0.409.